The molecule has 1 aromatic rings. The number of aromatic nitrogens is 1. The van der Waals surface area contributed by atoms with Gasteiger partial charge in [-0.15, -0.1) is 0 Å². The van der Waals surface area contributed by atoms with Crippen molar-refractivity contribution in [1.29, 1.82) is 0 Å². The zero-order valence-electron chi connectivity index (χ0n) is 6.38. The second-order valence-electron chi connectivity index (χ2n) is 2.31. The number of hydrogen-bond acceptors (Lipinski definition) is 3. The van der Waals surface area contributed by atoms with Crippen LogP contribution in [-0.4, -0.2) is 19.7 Å². The minimum absolute atomic E-state index is 0.0302. The van der Waals surface area contributed by atoms with E-state index in [1.54, 1.807) is 0 Å². The Morgan fingerprint density at radius 1 is 1.23 bits per heavy atom. The fourth-order valence-corrected chi connectivity index (χ4v) is 3.54. The molecule has 1 aromatic heterocycles. The van der Waals surface area contributed by atoms with Gasteiger partial charge in [0.05, 0.1) is 13.4 Å². The van der Waals surface area contributed by atoms with E-state index in [1.165, 1.54) is 6.20 Å². The molecule has 0 fully saturated rings. The molecule has 0 radical (unpaired) electrons. The summed E-state index contributed by atoms with van der Waals surface area (Å²) in [6.45, 7) is 0. The minimum Gasteiger partial charge on any atom is -0.242 e. The van der Waals surface area contributed by atoms with Gasteiger partial charge in [-0.3, -0.25) is 0 Å². The van der Waals surface area contributed by atoms with Crippen LogP contribution in [0.2, 0.25) is 0 Å². The maximum absolute atomic E-state index is 11.2. The predicted octanol–water partition coefficient (Wildman–Crippen LogP) is 2.77. The van der Waals surface area contributed by atoms with E-state index < -0.39 is 9.84 Å². The Kier molecular flexibility index (Phi) is 3.54. The van der Waals surface area contributed by atoms with Gasteiger partial charge in [0, 0.05) is 12.5 Å². The SMILES string of the molecule is CS(=O)(=O)c1ncc(Br)c(Br)c1Br. The molecule has 0 aromatic carbocycles. The topological polar surface area (TPSA) is 47.0 Å². The van der Waals surface area contributed by atoms with Crippen LogP contribution in [-0.2, 0) is 9.84 Å². The third-order valence-electron chi connectivity index (χ3n) is 1.24. The van der Waals surface area contributed by atoms with Crippen LogP contribution in [0.1, 0.15) is 0 Å². The van der Waals surface area contributed by atoms with Gasteiger partial charge in [-0.1, -0.05) is 0 Å². The van der Waals surface area contributed by atoms with Crippen molar-refractivity contribution in [3.05, 3.63) is 19.6 Å². The largest absolute Gasteiger partial charge is 0.242 e. The van der Waals surface area contributed by atoms with Gasteiger partial charge in [0.2, 0.25) is 0 Å². The predicted molar refractivity (Wildman–Crippen MR) is 60.4 cm³/mol. The summed E-state index contributed by atoms with van der Waals surface area (Å²) in [5.74, 6) is 0. The number of rotatable bonds is 1. The molecule has 0 aliphatic heterocycles. The number of nitrogens with zero attached hydrogens (tertiary/aromatic N) is 1. The molecule has 0 bridgehead atoms. The van der Waals surface area contributed by atoms with Crippen LogP contribution in [0, 0.1) is 0 Å². The fourth-order valence-electron chi connectivity index (χ4n) is 0.686. The minimum atomic E-state index is -3.28. The van der Waals surface area contributed by atoms with E-state index in [1.807, 2.05) is 0 Å². The van der Waals surface area contributed by atoms with Gasteiger partial charge in [-0.05, 0) is 47.8 Å². The Bertz CT molecular complexity index is 443. The molecule has 7 heteroatoms. The van der Waals surface area contributed by atoms with Crippen LogP contribution in [0.4, 0.5) is 0 Å². The van der Waals surface area contributed by atoms with Gasteiger partial charge < -0.3 is 0 Å². The van der Waals surface area contributed by atoms with E-state index >= 15 is 0 Å². The zero-order valence-corrected chi connectivity index (χ0v) is 12.0. The first kappa shape index (κ1) is 11.6. The lowest BCUT2D eigenvalue weighted by Crippen LogP contribution is -2.02. The molecule has 1 rings (SSSR count). The highest BCUT2D eigenvalue weighted by Gasteiger charge is 2.17. The molecule has 13 heavy (non-hydrogen) atoms. The zero-order chi connectivity index (χ0) is 10.2. The lowest BCUT2D eigenvalue weighted by atomic mass is 10.5. The van der Waals surface area contributed by atoms with Gasteiger partial charge in [0.15, 0.2) is 14.9 Å². The van der Waals surface area contributed by atoms with Crippen molar-refractivity contribution in [2.45, 2.75) is 5.03 Å². The van der Waals surface area contributed by atoms with E-state index in [4.69, 9.17) is 0 Å². The van der Waals surface area contributed by atoms with Crippen molar-refractivity contribution < 1.29 is 8.42 Å². The first-order valence-electron chi connectivity index (χ1n) is 3.03. The van der Waals surface area contributed by atoms with E-state index in [9.17, 15) is 8.42 Å². The summed E-state index contributed by atoms with van der Waals surface area (Å²) in [5.41, 5.74) is 0. The molecule has 1 heterocycles. The highest BCUT2D eigenvalue weighted by molar-refractivity contribution is 9.14. The summed E-state index contributed by atoms with van der Waals surface area (Å²) in [5, 5.41) is 0.0302. The maximum atomic E-state index is 11.2. The first-order valence-corrected chi connectivity index (χ1v) is 7.30. The van der Waals surface area contributed by atoms with Crippen LogP contribution in [0.3, 0.4) is 0 Å². The van der Waals surface area contributed by atoms with Gasteiger partial charge in [-0.25, -0.2) is 13.4 Å². The molecule has 0 aliphatic carbocycles. The van der Waals surface area contributed by atoms with Crippen LogP contribution < -0.4 is 0 Å². The second-order valence-corrected chi connectivity index (χ2v) is 6.68. The van der Waals surface area contributed by atoms with Gasteiger partial charge >= 0.3 is 0 Å². The van der Waals surface area contributed by atoms with Crippen molar-refractivity contribution in [3.63, 3.8) is 0 Å². The summed E-state index contributed by atoms with van der Waals surface area (Å²) in [7, 11) is -3.28. The Balaban J connectivity index is 3.53. The lowest BCUT2D eigenvalue weighted by Gasteiger charge is -2.03. The average Bonchev–Trinajstić information content (AvgIpc) is 1.98. The first-order chi connectivity index (χ1) is 5.84. The third-order valence-corrected chi connectivity index (χ3v) is 5.77. The summed E-state index contributed by atoms with van der Waals surface area (Å²) in [6.07, 6.45) is 2.55. The van der Waals surface area contributed by atoms with Crippen LogP contribution >= 0.6 is 47.8 Å². The summed E-state index contributed by atoms with van der Waals surface area (Å²) in [4.78, 5) is 3.80. The Morgan fingerprint density at radius 3 is 2.23 bits per heavy atom. The smallest absolute Gasteiger partial charge is 0.193 e. The molecular weight excluding hydrogens is 390 g/mol. The van der Waals surface area contributed by atoms with E-state index in [-0.39, 0.29) is 5.03 Å². The number of sulfone groups is 1. The Hall–Kier alpha value is 0.540. The molecule has 0 saturated heterocycles. The van der Waals surface area contributed by atoms with E-state index in [0.717, 1.165) is 6.26 Å². The molecule has 0 saturated carbocycles. The van der Waals surface area contributed by atoms with Gasteiger partial charge in [0.25, 0.3) is 0 Å². The third kappa shape index (κ3) is 2.51. The normalized spacial score (nSPS) is 11.7. The van der Waals surface area contributed by atoms with Crippen molar-refractivity contribution in [3.8, 4) is 0 Å². The van der Waals surface area contributed by atoms with Gasteiger partial charge in [0.1, 0.15) is 0 Å². The molecule has 0 unspecified atom stereocenters. The number of halogens is 3. The highest BCUT2D eigenvalue weighted by atomic mass is 79.9. The summed E-state index contributed by atoms with van der Waals surface area (Å²) in [6, 6.07) is 0. The fraction of sp³-hybridized carbons (Fsp3) is 0.167. The van der Waals surface area contributed by atoms with Crippen LogP contribution in [0.15, 0.2) is 24.6 Å². The maximum Gasteiger partial charge on any atom is 0.193 e. The van der Waals surface area contributed by atoms with Crippen molar-refractivity contribution in [2.75, 3.05) is 6.26 Å². The molecule has 3 nitrogen and oxygen atoms in total. The van der Waals surface area contributed by atoms with Crippen molar-refractivity contribution in [2.24, 2.45) is 0 Å². The van der Waals surface area contributed by atoms with Crippen LogP contribution in [0.5, 0.6) is 0 Å². The highest BCUT2D eigenvalue weighted by Crippen LogP contribution is 2.33. The summed E-state index contributed by atoms with van der Waals surface area (Å²) < 4.78 is 24.2. The molecule has 0 spiro atoms. The van der Waals surface area contributed by atoms with E-state index in [2.05, 4.69) is 52.8 Å². The number of hydrogen-bond donors (Lipinski definition) is 0. The summed E-state index contributed by atoms with van der Waals surface area (Å²) >= 11 is 9.59. The van der Waals surface area contributed by atoms with Crippen LogP contribution in [0.25, 0.3) is 0 Å². The molecule has 0 aliphatic rings. The van der Waals surface area contributed by atoms with Crippen molar-refractivity contribution in [1.82, 2.24) is 4.98 Å². The molecular formula is C6H4Br3NO2S. The molecule has 72 valence electrons. The van der Waals surface area contributed by atoms with Gasteiger partial charge in [-0.2, -0.15) is 0 Å². The molecule has 0 N–H and O–H groups in total. The molecule has 0 amide bonds. The monoisotopic (exact) mass is 391 g/mol. The quantitative estimate of drug-likeness (QED) is 0.737. The average molecular weight is 394 g/mol. The van der Waals surface area contributed by atoms with Crippen molar-refractivity contribution >= 4 is 57.6 Å². The standard InChI is InChI=1S/C6H4Br3NO2S/c1-13(11,12)6-5(9)4(8)3(7)2-10-6/h2H,1H3. The Labute approximate surface area is 101 Å². The second kappa shape index (κ2) is 3.96. The molecule has 0 atom stereocenters. The Morgan fingerprint density at radius 2 is 1.77 bits per heavy atom. The lowest BCUT2D eigenvalue weighted by molar-refractivity contribution is 0.597. The van der Waals surface area contributed by atoms with E-state index in [0.29, 0.717) is 13.4 Å². The number of pyridine rings is 1.